The lowest BCUT2D eigenvalue weighted by Crippen LogP contribution is -2.32. The summed E-state index contributed by atoms with van der Waals surface area (Å²) >= 11 is 1.40. The molecule has 0 saturated carbocycles. The molecule has 9 nitrogen and oxygen atoms in total. The number of benzene rings is 2. The van der Waals surface area contributed by atoms with Gasteiger partial charge in [-0.2, -0.15) is 0 Å². The lowest BCUT2D eigenvalue weighted by atomic mass is 10.1. The van der Waals surface area contributed by atoms with Crippen molar-refractivity contribution in [3.63, 3.8) is 0 Å². The molecule has 3 aromatic rings. The van der Waals surface area contributed by atoms with E-state index in [0.29, 0.717) is 45.9 Å². The molecule has 0 spiro atoms. The zero-order valence-corrected chi connectivity index (χ0v) is 22.6. The summed E-state index contributed by atoms with van der Waals surface area (Å²) < 4.78 is 28.1. The Morgan fingerprint density at radius 2 is 1.50 bits per heavy atom. The van der Waals surface area contributed by atoms with Crippen LogP contribution in [-0.2, 0) is 4.79 Å². The molecular formula is C26H33N3O6S. The quantitative estimate of drug-likeness (QED) is 0.330. The number of ether oxygens (including phenoxy) is 5. The number of rotatable bonds is 12. The predicted molar refractivity (Wildman–Crippen MR) is 143 cm³/mol. The second-order valence-corrected chi connectivity index (χ2v) is 9.06. The first-order valence-corrected chi connectivity index (χ1v) is 12.1. The fraction of sp³-hybridized carbons (Fsp3) is 0.385. The highest BCUT2D eigenvalue weighted by Gasteiger charge is 2.21. The Morgan fingerprint density at radius 3 is 2.06 bits per heavy atom. The number of nitrogens with zero attached hydrogens (tertiary/aromatic N) is 3. The summed E-state index contributed by atoms with van der Waals surface area (Å²) in [5.41, 5.74) is 1.40. The molecule has 0 N–H and O–H groups in total. The number of carbonyl (C=O) groups excluding carboxylic acids is 1. The number of carbonyl (C=O) groups is 1. The lowest BCUT2D eigenvalue weighted by Gasteiger charge is -2.19. The van der Waals surface area contributed by atoms with Crippen molar-refractivity contribution in [2.75, 3.05) is 67.6 Å². The number of fused-ring (bicyclic) bond motifs is 1. The molecule has 36 heavy (non-hydrogen) atoms. The van der Waals surface area contributed by atoms with Crippen LogP contribution in [0.25, 0.3) is 16.3 Å². The van der Waals surface area contributed by atoms with E-state index >= 15 is 0 Å². The number of thiazole rings is 1. The predicted octanol–water partition coefficient (Wildman–Crippen LogP) is 4.34. The third-order valence-corrected chi connectivity index (χ3v) is 6.58. The number of hydrogen-bond donors (Lipinski definition) is 0. The molecule has 3 rings (SSSR count). The van der Waals surface area contributed by atoms with E-state index in [1.54, 1.807) is 58.7 Å². The van der Waals surface area contributed by atoms with Crippen LogP contribution in [0.4, 0.5) is 5.13 Å². The summed E-state index contributed by atoms with van der Waals surface area (Å²) in [6.45, 7) is 1.33. The topological polar surface area (TPSA) is 82.6 Å². The molecule has 0 radical (unpaired) electrons. The number of methoxy groups -OCH3 is 5. The second-order valence-electron chi connectivity index (χ2n) is 8.08. The fourth-order valence-corrected chi connectivity index (χ4v) is 4.80. The number of aromatic nitrogens is 1. The molecule has 0 fully saturated rings. The van der Waals surface area contributed by atoms with E-state index in [-0.39, 0.29) is 5.91 Å². The number of anilines is 1. The highest BCUT2D eigenvalue weighted by atomic mass is 32.1. The average Bonchev–Trinajstić information content (AvgIpc) is 3.33. The first-order valence-electron chi connectivity index (χ1n) is 11.3. The lowest BCUT2D eigenvalue weighted by molar-refractivity contribution is -0.114. The molecule has 2 aromatic carbocycles. The summed E-state index contributed by atoms with van der Waals surface area (Å²) in [5.74, 6) is 2.63. The normalized spacial score (nSPS) is 11.2. The Morgan fingerprint density at radius 1 is 0.889 bits per heavy atom. The molecular weight excluding hydrogens is 482 g/mol. The fourth-order valence-electron chi connectivity index (χ4n) is 3.69. The molecule has 0 aliphatic heterocycles. The molecule has 10 heteroatoms. The maximum absolute atomic E-state index is 13.5. The van der Waals surface area contributed by atoms with E-state index < -0.39 is 0 Å². The molecule has 0 aliphatic rings. The molecule has 0 bridgehead atoms. The van der Waals surface area contributed by atoms with Gasteiger partial charge >= 0.3 is 0 Å². The van der Waals surface area contributed by atoms with Gasteiger partial charge in [0, 0.05) is 12.6 Å². The molecule has 1 heterocycles. The van der Waals surface area contributed by atoms with Crippen LogP contribution in [0.1, 0.15) is 12.0 Å². The van der Waals surface area contributed by atoms with Crippen LogP contribution >= 0.6 is 11.3 Å². The summed E-state index contributed by atoms with van der Waals surface area (Å²) in [6.07, 6.45) is 4.03. The van der Waals surface area contributed by atoms with Crippen LogP contribution in [0.3, 0.4) is 0 Å². The van der Waals surface area contributed by atoms with Crippen molar-refractivity contribution in [2.45, 2.75) is 6.42 Å². The van der Waals surface area contributed by atoms with Crippen molar-refractivity contribution in [2.24, 2.45) is 0 Å². The minimum Gasteiger partial charge on any atom is -0.495 e. The minimum absolute atomic E-state index is 0.195. The Balaban J connectivity index is 1.98. The van der Waals surface area contributed by atoms with Gasteiger partial charge < -0.3 is 28.6 Å². The van der Waals surface area contributed by atoms with Crippen molar-refractivity contribution in [3.8, 4) is 28.7 Å². The second kappa shape index (κ2) is 12.5. The van der Waals surface area contributed by atoms with Crippen LogP contribution in [0.2, 0.25) is 0 Å². The summed E-state index contributed by atoms with van der Waals surface area (Å²) in [6, 6.07) is 7.22. The highest BCUT2D eigenvalue weighted by molar-refractivity contribution is 7.22. The molecule has 194 valence electrons. The van der Waals surface area contributed by atoms with Crippen LogP contribution in [-0.4, -0.2) is 78.5 Å². The summed E-state index contributed by atoms with van der Waals surface area (Å²) in [4.78, 5) is 22.0. The first-order chi connectivity index (χ1) is 17.4. The van der Waals surface area contributed by atoms with Crippen LogP contribution in [0, 0.1) is 0 Å². The number of amides is 1. The Labute approximate surface area is 215 Å². The molecule has 1 amide bonds. The maximum Gasteiger partial charge on any atom is 0.252 e. The van der Waals surface area contributed by atoms with Gasteiger partial charge in [0.2, 0.25) is 5.75 Å². The first kappa shape index (κ1) is 27.1. The monoisotopic (exact) mass is 515 g/mol. The van der Waals surface area contributed by atoms with Gasteiger partial charge in [-0.1, -0.05) is 11.3 Å². The molecule has 0 saturated heterocycles. The van der Waals surface area contributed by atoms with Gasteiger partial charge in [-0.3, -0.25) is 9.69 Å². The van der Waals surface area contributed by atoms with Gasteiger partial charge in [-0.15, -0.1) is 0 Å². The third-order valence-electron chi connectivity index (χ3n) is 5.49. The van der Waals surface area contributed by atoms with E-state index in [9.17, 15) is 4.79 Å². The van der Waals surface area contributed by atoms with E-state index in [0.717, 1.165) is 23.2 Å². The Hall–Kier alpha value is -3.50. The molecule has 0 unspecified atom stereocenters. The van der Waals surface area contributed by atoms with Crippen molar-refractivity contribution in [1.29, 1.82) is 0 Å². The molecule has 0 aliphatic carbocycles. The number of hydrogen-bond acceptors (Lipinski definition) is 9. The van der Waals surface area contributed by atoms with Crippen LogP contribution in [0.5, 0.6) is 28.7 Å². The zero-order chi connectivity index (χ0) is 26.2. The maximum atomic E-state index is 13.5. The van der Waals surface area contributed by atoms with Gasteiger partial charge in [0.15, 0.2) is 16.6 Å². The highest BCUT2D eigenvalue weighted by Crippen LogP contribution is 2.41. The van der Waals surface area contributed by atoms with E-state index in [1.165, 1.54) is 17.4 Å². The van der Waals surface area contributed by atoms with E-state index in [1.807, 2.05) is 26.2 Å². The van der Waals surface area contributed by atoms with E-state index in [4.69, 9.17) is 28.7 Å². The van der Waals surface area contributed by atoms with Gasteiger partial charge in [-0.25, -0.2) is 4.98 Å². The Bertz CT molecular complexity index is 1160. The van der Waals surface area contributed by atoms with Crippen molar-refractivity contribution >= 4 is 38.7 Å². The van der Waals surface area contributed by atoms with Gasteiger partial charge in [-0.05, 0) is 63.0 Å². The molecule has 0 atom stereocenters. The summed E-state index contributed by atoms with van der Waals surface area (Å²) in [7, 11) is 11.9. The van der Waals surface area contributed by atoms with Gasteiger partial charge in [0.1, 0.15) is 21.7 Å². The van der Waals surface area contributed by atoms with Crippen LogP contribution < -0.4 is 28.6 Å². The standard InChI is InChI=1S/C26H33N3O6S/c1-28(2)13-8-14-29(26-27-23-18(31-3)10-11-19(32-4)25(23)36-26)22(30)12-9-17-15-20(33-5)24(35-7)21(16-17)34-6/h9-12,15-16H,8,13-14H2,1-7H3/b12-9+. The third kappa shape index (κ3) is 6.00. The van der Waals surface area contributed by atoms with Crippen LogP contribution in [0.15, 0.2) is 30.3 Å². The Kier molecular flexibility index (Phi) is 9.38. The largest absolute Gasteiger partial charge is 0.495 e. The minimum atomic E-state index is -0.195. The van der Waals surface area contributed by atoms with Crippen molar-refractivity contribution in [3.05, 3.63) is 35.9 Å². The van der Waals surface area contributed by atoms with Crippen molar-refractivity contribution < 1.29 is 28.5 Å². The molecule has 1 aromatic heterocycles. The SMILES string of the molecule is COc1cc(/C=C/C(=O)N(CCCN(C)C)c2nc3c(OC)ccc(OC)c3s2)cc(OC)c1OC. The summed E-state index contributed by atoms with van der Waals surface area (Å²) in [5, 5.41) is 0.575. The van der Waals surface area contributed by atoms with Gasteiger partial charge in [0.05, 0.1) is 35.5 Å². The average molecular weight is 516 g/mol. The zero-order valence-electron chi connectivity index (χ0n) is 21.8. The van der Waals surface area contributed by atoms with Gasteiger partial charge in [0.25, 0.3) is 5.91 Å². The van der Waals surface area contributed by atoms with Crippen molar-refractivity contribution in [1.82, 2.24) is 9.88 Å². The van der Waals surface area contributed by atoms with E-state index in [2.05, 4.69) is 4.90 Å². The smallest absolute Gasteiger partial charge is 0.252 e.